The fraction of sp³-hybridized carbons (Fsp3) is 0.565. The summed E-state index contributed by atoms with van der Waals surface area (Å²) in [5, 5.41) is 9.46. The summed E-state index contributed by atoms with van der Waals surface area (Å²) in [6.45, 7) is 15.4. The van der Waals surface area contributed by atoms with E-state index in [0.29, 0.717) is 23.8 Å². The van der Waals surface area contributed by atoms with Gasteiger partial charge in [-0.15, -0.1) is 0 Å². The minimum Gasteiger partial charge on any atom is -0.332 e. The van der Waals surface area contributed by atoms with E-state index in [1.165, 1.54) is 17.0 Å². The van der Waals surface area contributed by atoms with Crippen molar-refractivity contribution in [3.05, 3.63) is 52.6 Å². The van der Waals surface area contributed by atoms with Gasteiger partial charge in [0.1, 0.15) is 0 Å². The van der Waals surface area contributed by atoms with Gasteiger partial charge in [-0.2, -0.15) is 5.26 Å². The van der Waals surface area contributed by atoms with E-state index >= 15 is 0 Å². The lowest BCUT2D eigenvalue weighted by molar-refractivity contribution is 0.458. The number of hydrogen-bond donors (Lipinski definition) is 0. The molecule has 0 N–H and O–H groups in total. The van der Waals surface area contributed by atoms with Crippen molar-refractivity contribution >= 4 is 0 Å². The molecule has 3 heteroatoms. The summed E-state index contributed by atoms with van der Waals surface area (Å²) in [4.78, 5) is 4.60. The highest BCUT2D eigenvalue weighted by molar-refractivity contribution is 5.43. The molecule has 0 aliphatic heterocycles. The van der Waals surface area contributed by atoms with Crippen LogP contribution in [0.2, 0.25) is 0 Å². The molecule has 1 unspecified atom stereocenters. The maximum absolute atomic E-state index is 9.46. The quantitative estimate of drug-likeness (QED) is 0.575. The minimum absolute atomic E-state index is 0.383. The summed E-state index contributed by atoms with van der Waals surface area (Å²) in [5.74, 6) is 1.29. The van der Waals surface area contributed by atoms with Crippen molar-refractivity contribution in [3.8, 4) is 6.07 Å². The number of benzene rings is 1. The largest absolute Gasteiger partial charge is 0.332 e. The highest BCUT2D eigenvalue weighted by atomic mass is 15.1. The van der Waals surface area contributed by atoms with Gasteiger partial charge in [0.05, 0.1) is 23.7 Å². The molecular weight excluding hydrogens is 318 g/mol. The number of rotatable bonds is 7. The van der Waals surface area contributed by atoms with Crippen LogP contribution >= 0.6 is 0 Å². The molecule has 0 amide bonds. The first kappa shape index (κ1) is 20.2. The predicted molar refractivity (Wildman–Crippen MR) is 109 cm³/mol. The molecular formula is C23H33N3. The molecule has 0 fully saturated rings. The Hall–Kier alpha value is -2.08. The summed E-state index contributed by atoms with van der Waals surface area (Å²) >= 11 is 0. The van der Waals surface area contributed by atoms with Crippen molar-refractivity contribution in [1.29, 1.82) is 5.26 Å². The molecule has 2 atom stereocenters. The summed E-state index contributed by atoms with van der Waals surface area (Å²) in [6, 6.07) is 9.22. The molecule has 2 aromatic rings. The van der Waals surface area contributed by atoms with Gasteiger partial charge in [-0.25, -0.2) is 4.98 Å². The topological polar surface area (TPSA) is 41.6 Å². The second-order valence-corrected chi connectivity index (χ2v) is 8.22. The number of hydrogen-bond acceptors (Lipinski definition) is 2. The molecule has 26 heavy (non-hydrogen) atoms. The lowest BCUT2D eigenvalue weighted by Crippen LogP contribution is -2.08. The number of nitrogens with zero attached hydrogens (tertiary/aromatic N) is 3. The van der Waals surface area contributed by atoms with Crippen molar-refractivity contribution in [2.75, 3.05) is 0 Å². The normalized spacial score (nSPS) is 13.8. The lowest BCUT2D eigenvalue weighted by atomic mass is 9.89. The molecule has 1 heterocycles. The second-order valence-electron chi connectivity index (χ2n) is 8.22. The molecule has 0 saturated carbocycles. The van der Waals surface area contributed by atoms with Crippen LogP contribution in [0.4, 0.5) is 0 Å². The average molecular weight is 352 g/mol. The molecule has 0 saturated heterocycles. The van der Waals surface area contributed by atoms with Crippen molar-refractivity contribution in [1.82, 2.24) is 9.55 Å². The smallest absolute Gasteiger partial charge is 0.0994 e. The van der Waals surface area contributed by atoms with E-state index < -0.39 is 0 Å². The van der Waals surface area contributed by atoms with Gasteiger partial charge >= 0.3 is 0 Å². The minimum atomic E-state index is 0.383. The molecule has 1 aromatic carbocycles. The Bertz CT molecular complexity index is 777. The third-order valence-corrected chi connectivity index (χ3v) is 5.51. The Balaban J connectivity index is 2.07. The van der Waals surface area contributed by atoms with E-state index in [-0.39, 0.29) is 0 Å². The zero-order chi connectivity index (χ0) is 19.4. The zero-order valence-corrected chi connectivity index (χ0v) is 17.4. The molecule has 0 aliphatic carbocycles. The van der Waals surface area contributed by atoms with Crippen LogP contribution in [0.5, 0.6) is 0 Å². The average Bonchev–Trinajstić information content (AvgIpc) is 3.00. The van der Waals surface area contributed by atoms with Crippen LogP contribution in [0.25, 0.3) is 0 Å². The van der Waals surface area contributed by atoms with Crippen molar-refractivity contribution in [3.63, 3.8) is 0 Å². The molecule has 0 spiro atoms. The predicted octanol–water partition coefficient (Wildman–Crippen LogP) is 6.45. The maximum Gasteiger partial charge on any atom is 0.0994 e. The van der Waals surface area contributed by atoms with Gasteiger partial charge in [-0.05, 0) is 61.6 Å². The number of nitriles is 1. The van der Waals surface area contributed by atoms with Gasteiger partial charge in [-0.1, -0.05) is 46.8 Å². The standard InChI is InChI=1S/C23H33N3/c1-15(2)22-11-10-20(12-21(22)13-24)17(5)8-9-18(6)26-14-25-23(16(3)4)19(26)7/h10-12,14-18H,8-9H2,1-7H3/t17?,18-/m1/s1. The van der Waals surface area contributed by atoms with Crippen LogP contribution in [0.15, 0.2) is 24.5 Å². The maximum atomic E-state index is 9.46. The van der Waals surface area contributed by atoms with Crippen molar-refractivity contribution < 1.29 is 0 Å². The van der Waals surface area contributed by atoms with Gasteiger partial charge in [0, 0.05) is 11.7 Å². The lowest BCUT2D eigenvalue weighted by Gasteiger charge is -2.20. The fourth-order valence-corrected chi connectivity index (χ4v) is 3.73. The summed E-state index contributed by atoms with van der Waals surface area (Å²) in [5.41, 5.74) is 5.72. The van der Waals surface area contributed by atoms with Crippen LogP contribution in [0.1, 0.15) is 106 Å². The van der Waals surface area contributed by atoms with E-state index in [1.54, 1.807) is 0 Å². The van der Waals surface area contributed by atoms with Crippen LogP contribution in [-0.2, 0) is 0 Å². The summed E-state index contributed by atoms with van der Waals surface area (Å²) in [6.07, 6.45) is 4.19. The zero-order valence-electron chi connectivity index (χ0n) is 17.4. The molecule has 3 nitrogen and oxygen atoms in total. The van der Waals surface area contributed by atoms with Gasteiger partial charge in [0.2, 0.25) is 0 Å². The van der Waals surface area contributed by atoms with Crippen LogP contribution < -0.4 is 0 Å². The van der Waals surface area contributed by atoms with E-state index in [1.807, 2.05) is 6.33 Å². The van der Waals surface area contributed by atoms with Gasteiger partial charge in [-0.3, -0.25) is 0 Å². The van der Waals surface area contributed by atoms with E-state index in [4.69, 9.17) is 0 Å². The molecule has 0 bridgehead atoms. The Morgan fingerprint density at radius 1 is 1.04 bits per heavy atom. The highest BCUT2D eigenvalue weighted by Gasteiger charge is 2.16. The van der Waals surface area contributed by atoms with Crippen LogP contribution in [0.3, 0.4) is 0 Å². The van der Waals surface area contributed by atoms with Gasteiger partial charge in [0.25, 0.3) is 0 Å². The number of imidazole rings is 1. The van der Waals surface area contributed by atoms with E-state index in [0.717, 1.165) is 24.0 Å². The van der Waals surface area contributed by atoms with E-state index in [2.05, 4.69) is 82.3 Å². The molecule has 1 aromatic heterocycles. The summed E-state index contributed by atoms with van der Waals surface area (Å²) < 4.78 is 2.31. The van der Waals surface area contributed by atoms with Gasteiger partial charge in [0.15, 0.2) is 0 Å². The van der Waals surface area contributed by atoms with E-state index in [9.17, 15) is 5.26 Å². The monoisotopic (exact) mass is 351 g/mol. The second kappa shape index (κ2) is 8.54. The first-order chi connectivity index (χ1) is 12.3. The van der Waals surface area contributed by atoms with Crippen molar-refractivity contribution in [2.45, 2.75) is 85.1 Å². The van der Waals surface area contributed by atoms with Gasteiger partial charge < -0.3 is 4.57 Å². The molecule has 0 aliphatic rings. The first-order valence-corrected chi connectivity index (χ1v) is 9.83. The third kappa shape index (κ3) is 4.36. The van der Waals surface area contributed by atoms with Crippen molar-refractivity contribution in [2.24, 2.45) is 0 Å². The first-order valence-electron chi connectivity index (χ1n) is 9.83. The Morgan fingerprint density at radius 3 is 2.27 bits per heavy atom. The SMILES string of the molecule is Cc1c(C(C)C)ncn1[C@H](C)CCC(C)c1ccc(C(C)C)c(C#N)c1. The van der Waals surface area contributed by atoms with Crippen LogP contribution in [-0.4, -0.2) is 9.55 Å². The Labute approximate surface area is 159 Å². The Morgan fingerprint density at radius 2 is 1.73 bits per heavy atom. The number of aromatic nitrogens is 2. The summed E-state index contributed by atoms with van der Waals surface area (Å²) in [7, 11) is 0. The van der Waals surface area contributed by atoms with Crippen LogP contribution in [0, 0.1) is 18.3 Å². The Kier molecular flexibility index (Phi) is 6.64. The molecule has 2 rings (SSSR count). The third-order valence-electron chi connectivity index (χ3n) is 5.51. The molecule has 0 radical (unpaired) electrons. The fourth-order valence-electron chi connectivity index (χ4n) is 3.73. The molecule has 140 valence electrons. The highest BCUT2D eigenvalue weighted by Crippen LogP contribution is 2.29.